The number of anilines is 3. The first-order valence-electron chi connectivity index (χ1n) is 15.0. The van der Waals surface area contributed by atoms with Gasteiger partial charge >= 0.3 is 12.1 Å². The molecular weight excluding hydrogens is 633 g/mol. The van der Waals surface area contributed by atoms with Crippen LogP contribution in [-0.4, -0.2) is 87.9 Å². The maximum absolute atomic E-state index is 12.7. The fourth-order valence-electron chi connectivity index (χ4n) is 5.41. The van der Waals surface area contributed by atoms with Gasteiger partial charge in [0.2, 0.25) is 11.8 Å². The molecule has 0 spiro atoms. The highest BCUT2D eigenvalue weighted by atomic mass is 35.5. The third-order valence-electron chi connectivity index (χ3n) is 7.77. The number of nitrogens with one attached hydrogen (secondary N) is 3. The van der Waals surface area contributed by atoms with Gasteiger partial charge in [-0.05, 0) is 43.5 Å². The summed E-state index contributed by atoms with van der Waals surface area (Å²) in [4.78, 5) is 44.9. The van der Waals surface area contributed by atoms with Crippen LogP contribution in [0, 0.1) is 5.92 Å². The minimum absolute atomic E-state index is 0.0122. The van der Waals surface area contributed by atoms with Crippen molar-refractivity contribution in [3.63, 3.8) is 0 Å². The van der Waals surface area contributed by atoms with Gasteiger partial charge in [-0.3, -0.25) is 9.59 Å². The molecule has 5 N–H and O–H groups in total. The number of nitrogens with zero attached hydrogens (tertiary/aromatic N) is 3. The number of amides is 2. The van der Waals surface area contributed by atoms with Crippen LogP contribution in [0.3, 0.4) is 0 Å². The molecule has 12 nitrogen and oxygen atoms in total. The van der Waals surface area contributed by atoms with Crippen LogP contribution in [0.15, 0.2) is 30.1 Å². The standard InChI is InChI=1S/C28H35ClN6O4.C2HF3O2/c29-23-16-20(5-6-24(23)39-21-8-12-35(13-9-21)28(38)18-3-1-2-4-18)34-26-22-15-19(27(37)31-11-14-36)7-10-30-25(22)32-17-33-26;3-2(4,5)1(6)7/h5-6,15-18,21,36H,1-4,7-14H2,(H,31,37)(H2,30,32,33,34);(H,6,7). The predicted octanol–water partition coefficient (Wildman–Crippen LogP) is 4.37. The van der Waals surface area contributed by atoms with Gasteiger partial charge in [0.15, 0.2) is 0 Å². The number of hydrogen-bond donors (Lipinski definition) is 5. The van der Waals surface area contributed by atoms with E-state index in [2.05, 4.69) is 25.9 Å². The number of carboxylic acids is 1. The van der Waals surface area contributed by atoms with Crippen molar-refractivity contribution in [1.82, 2.24) is 20.2 Å². The van der Waals surface area contributed by atoms with Crippen LogP contribution in [0.2, 0.25) is 5.02 Å². The number of aliphatic hydroxyl groups is 1. The number of aliphatic carboxylic acids is 1. The minimum Gasteiger partial charge on any atom is -0.489 e. The zero-order valence-corrected chi connectivity index (χ0v) is 25.7. The molecule has 1 aromatic carbocycles. The lowest BCUT2D eigenvalue weighted by Crippen LogP contribution is -2.44. The lowest BCUT2D eigenvalue weighted by Gasteiger charge is -2.33. The fourth-order valence-corrected chi connectivity index (χ4v) is 5.64. The van der Waals surface area contributed by atoms with E-state index >= 15 is 0 Å². The molecule has 5 rings (SSSR count). The SMILES string of the molecule is O=C(NCCO)C1=Cc2c(ncnc2Nc2ccc(OC3CCN(C(=O)C4CCCC4)CC3)c(Cl)c2)NCC1.O=C(O)C(F)(F)F. The summed E-state index contributed by atoms with van der Waals surface area (Å²) in [5.41, 5.74) is 1.96. The van der Waals surface area contributed by atoms with Crippen LogP contribution >= 0.6 is 11.6 Å². The van der Waals surface area contributed by atoms with Gasteiger partial charge in [-0.1, -0.05) is 24.4 Å². The molecule has 2 aromatic rings. The Labute approximate surface area is 268 Å². The fraction of sp³-hybridized carbons (Fsp3) is 0.500. The van der Waals surface area contributed by atoms with E-state index in [-0.39, 0.29) is 31.1 Å². The molecule has 0 atom stereocenters. The zero-order chi connectivity index (χ0) is 33.3. The number of halogens is 4. The summed E-state index contributed by atoms with van der Waals surface area (Å²) in [5, 5.41) is 25.9. The molecule has 16 heteroatoms. The number of rotatable bonds is 8. The normalized spacial score (nSPS) is 17.0. The van der Waals surface area contributed by atoms with E-state index in [0.717, 1.165) is 51.6 Å². The number of carboxylic acid groups (broad SMARTS) is 1. The van der Waals surface area contributed by atoms with Gasteiger partial charge in [-0.15, -0.1) is 0 Å². The lowest BCUT2D eigenvalue weighted by atomic mass is 10.0. The van der Waals surface area contributed by atoms with Gasteiger partial charge in [0.05, 0.1) is 17.2 Å². The van der Waals surface area contributed by atoms with Gasteiger partial charge in [-0.2, -0.15) is 13.2 Å². The van der Waals surface area contributed by atoms with Crippen molar-refractivity contribution in [3.8, 4) is 5.75 Å². The number of fused-ring (bicyclic) bond motifs is 1. The molecule has 250 valence electrons. The van der Waals surface area contributed by atoms with Gasteiger partial charge in [0, 0.05) is 56.2 Å². The molecule has 2 aliphatic heterocycles. The lowest BCUT2D eigenvalue weighted by molar-refractivity contribution is -0.192. The van der Waals surface area contributed by atoms with Crippen molar-refractivity contribution in [3.05, 3.63) is 40.7 Å². The highest BCUT2D eigenvalue weighted by molar-refractivity contribution is 6.32. The molecule has 3 aliphatic rings. The van der Waals surface area contributed by atoms with Crippen molar-refractivity contribution >= 4 is 52.8 Å². The van der Waals surface area contributed by atoms with E-state index in [1.54, 1.807) is 12.1 Å². The average Bonchev–Trinajstić information content (AvgIpc) is 3.48. The smallest absolute Gasteiger partial charge is 0.489 e. The Bertz CT molecular complexity index is 1430. The van der Waals surface area contributed by atoms with Crippen LogP contribution in [0.4, 0.5) is 30.5 Å². The van der Waals surface area contributed by atoms with Crippen molar-refractivity contribution in [2.24, 2.45) is 5.92 Å². The molecule has 3 heterocycles. The van der Waals surface area contributed by atoms with E-state index in [1.807, 2.05) is 17.0 Å². The summed E-state index contributed by atoms with van der Waals surface area (Å²) in [6.07, 6.45) is 4.62. The first-order chi connectivity index (χ1) is 22.0. The maximum atomic E-state index is 12.7. The second-order valence-electron chi connectivity index (χ2n) is 11.0. The number of alkyl halides is 3. The van der Waals surface area contributed by atoms with Gasteiger partial charge < -0.3 is 35.8 Å². The van der Waals surface area contributed by atoms with Gasteiger partial charge in [0.1, 0.15) is 29.8 Å². The summed E-state index contributed by atoms with van der Waals surface area (Å²) in [6, 6.07) is 5.49. The molecule has 2 fully saturated rings. The van der Waals surface area contributed by atoms with Crippen LogP contribution in [-0.2, 0) is 14.4 Å². The number of ether oxygens (including phenoxy) is 1. The number of aromatic nitrogens is 2. The first kappa shape index (κ1) is 34.8. The van der Waals surface area contributed by atoms with Gasteiger partial charge in [-0.25, -0.2) is 14.8 Å². The Morgan fingerprint density at radius 2 is 1.80 bits per heavy atom. The third-order valence-corrected chi connectivity index (χ3v) is 8.06. The van der Waals surface area contributed by atoms with Crippen molar-refractivity contribution in [1.29, 1.82) is 0 Å². The molecule has 1 aliphatic carbocycles. The molecule has 1 saturated heterocycles. The third kappa shape index (κ3) is 9.45. The van der Waals surface area contributed by atoms with Crippen molar-refractivity contribution in [2.75, 3.05) is 43.4 Å². The second kappa shape index (κ2) is 15.9. The Hall–Kier alpha value is -4.11. The van der Waals surface area contributed by atoms with E-state index in [4.69, 9.17) is 31.3 Å². The van der Waals surface area contributed by atoms with E-state index in [1.165, 1.54) is 6.33 Å². The van der Waals surface area contributed by atoms with Crippen molar-refractivity contribution < 1.29 is 42.5 Å². The van der Waals surface area contributed by atoms with E-state index in [0.29, 0.717) is 58.1 Å². The molecule has 1 aromatic heterocycles. The summed E-state index contributed by atoms with van der Waals surface area (Å²) < 4.78 is 38.0. The quantitative estimate of drug-likeness (QED) is 0.273. The second-order valence-corrected chi connectivity index (χ2v) is 11.4. The Morgan fingerprint density at radius 3 is 2.43 bits per heavy atom. The zero-order valence-electron chi connectivity index (χ0n) is 24.9. The Balaban J connectivity index is 0.000000617. The molecular formula is C30H36ClF3N6O6. The molecule has 0 radical (unpaired) electrons. The summed E-state index contributed by atoms with van der Waals surface area (Å²) in [7, 11) is 0. The predicted molar refractivity (Wildman–Crippen MR) is 164 cm³/mol. The number of carbonyl (C=O) groups is 3. The topological polar surface area (TPSA) is 166 Å². The molecule has 2 amide bonds. The summed E-state index contributed by atoms with van der Waals surface area (Å²) in [5.74, 6) is -0.701. The van der Waals surface area contributed by atoms with Gasteiger partial charge in [0.25, 0.3) is 0 Å². The number of hydrogen-bond acceptors (Lipinski definition) is 9. The average molecular weight is 669 g/mol. The molecule has 0 bridgehead atoms. The maximum Gasteiger partial charge on any atom is 0.490 e. The van der Waals surface area contributed by atoms with Crippen molar-refractivity contribution in [2.45, 2.75) is 57.2 Å². The first-order valence-corrected chi connectivity index (χ1v) is 15.3. The van der Waals surface area contributed by atoms with Crippen LogP contribution < -0.4 is 20.7 Å². The van der Waals surface area contributed by atoms with E-state index < -0.39 is 12.1 Å². The molecule has 0 unspecified atom stereocenters. The number of benzene rings is 1. The number of aliphatic hydroxyl groups excluding tert-OH is 1. The van der Waals surface area contributed by atoms with Crippen LogP contribution in [0.1, 0.15) is 50.5 Å². The number of piperidine rings is 1. The molecule has 1 saturated carbocycles. The minimum atomic E-state index is -5.08. The van der Waals surface area contributed by atoms with Crippen LogP contribution in [0.5, 0.6) is 5.75 Å². The summed E-state index contributed by atoms with van der Waals surface area (Å²) >= 11 is 6.60. The Morgan fingerprint density at radius 1 is 1.11 bits per heavy atom. The van der Waals surface area contributed by atoms with Crippen LogP contribution in [0.25, 0.3) is 6.08 Å². The summed E-state index contributed by atoms with van der Waals surface area (Å²) in [6.45, 7) is 2.06. The largest absolute Gasteiger partial charge is 0.490 e. The molecule has 46 heavy (non-hydrogen) atoms. The van der Waals surface area contributed by atoms with E-state index in [9.17, 15) is 22.8 Å². The monoisotopic (exact) mass is 668 g/mol. The highest BCUT2D eigenvalue weighted by Crippen LogP contribution is 2.34. The number of carbonyl (C=O) groups excluding carboxylic acids is 2. The number of likely N-dealkylation sites (tertiary alicyclic amines) is 1. The highest BCUT2D eigenvalue weighted by Gasteiger charge is 2.38. The Kier molecular flexibility index (Phi) is 12.0.